The molecule has 0 radical (unpaired) electrons. The van der Waals surface area contributed by atoms with Gasteiger partial charge in [0.05, 0.1) is 23.6 Å². The summed E-state index contributed by atoms with van der Waals surface area (Å²) in [6.45, 7) is 4.95. The Labute approximate surface area is 183 Å². The monoisotopic (exact) mass is 437 g/mol. The molecule has 0 bridgehead atoms. The van der Waals surface area contributed by atoms with Gasteiger partial charge >= 0.3 is 0 Å². The average Bonchev–Trinajstić information content (AvgIpc) is 3.20. The second-order valence-corrected chi connectivity index (χ2v) is 10.0. The van der Waals surface area contributed by atoms with E-state index in [1.807, 2.05) is 24.4 Å². The van der Waals surface area contributed by atoms with E-state index in [0.29, 0.717) is 18.1 Å². The van der Waals surface area contributed by atoms with Crippen LogP contribution in [0, 0.1) is 0 Å². The first kappa shape index (κ1) is 20.3. The van der Waals surface area contributed by atoms with E-state index in [1.54, 1.807) is 24.3 Å². The van der Waals surface area contributed by atoms with Crippen molar-refractivity contribution < 1.29 is 13.2 Å². The molecule has 2 aliphatic rings. The molecule has 0 unspecified atom stereocenters. The van der Waals surface area contributed by atoms with Crippen LogP contribution in [0.25, 0.3) is 16.5 Å². The minimum absolute atomic E-state index is 0.299. The molecule has 2 aromatic carbocycles. The van der Waals surface area contributed by atoms with Gasteiger partial charge in [0.15, 0.2) is 0 Å². The van der Waals surface area contributed by atoms with Gasteiger partial charge in [0.1, 0.15) is 0 Å². The van der Waals surface area contributed by atoms with Crippen molar-refractivity contribution in [2.75, 3.05) is 51.3 Å². The summed E-state index contributed by atoms with van der Waals surface area (Å²) in [5.41, 5.74) is 4.05. The van der Waals surface area contributed by atoms with E-state index < -0.39 is 10.0 Å². The average molecular weight is 438 g/mol. The Balaban J connectivity index is 1.68. The van der Waals surface area contributed by atoms with Crippen molar-refractivity contribution in [3.05, 3.63) is 66.4 Å². The number of fused-ring (bicyclic) bond motifs is 1. The van der Waals surface area contributed by atoms with Crippen molar-refractivity contribution in [3.63, 3.8) is 0 Å². The molecule has 7 heteroatoms. The zero-order valence-electron chi connectivity index (χ0n) is 17.7. The molecule has 1 fully saturated rings. The summed E-state index contributed by atoms with van der Waals surface area (Å²) in [5, 5.41) is 0.985. The molecule has 2 aliphatic heterocycles. The fourth-order valence-electron chi connectivity index (χ4n) is 4.38. The first-order chi connectivity index (χ1) is 15.0. The van der Waals surface area contributed by atoms with Crippen molar-refractivity contribution in [3.8, 4) is 0 Å². The topological polar surface area (TPSA) is 54.8 Å². The minimum Gasteiger partial charge on any atom is -0.378 e. The molecule has 0 spiro atoms. The highest BCUT2D eigenvalue weighted by atomic mass is 32.2. The highest BCUT2D eigenvalue weighted by molar-refractivity contribution is 7.90. The Bertz CT molecular complexity index is 1230. The Morgan fingerprint density at radius 3 is 2.45 bits per heavy atom. The van der Waals surface area contributed by atoms with Crippen LogP contribution in [-0.2, 0) is 14.8 Å². The van der Waals surface area contributed by atoms with Crippen LogP contribution in [0.3, 0.4) is 0 Å². The normalized spacial score (nSPS) is 18.4. The van der Waals surface area contributed by atoms with E-state index in [2.05, 4.69) is 29.0 Å². The standard InChI is InChI=1S/C24H27N3O3S/c1-25-11-9-19(10-12-25)23-18-27(31(28,29)21-5-3-2-4-6-21)24-8-7-20(17-22(23)24)26-13-15-30-16-14-26/h2-9,17-18H,10-16H2,1H3. The fourth-order valence-corrected chi connectivity index (χ4v) is 5.77. The van der Waals surface area contributed by atoms with Crippen molar-refractivity contribution in [1.82, 2.24) is 8.87 Å². The van der Waals surface area contributed by atoms with Gasteiger partial charge in [-0.15, -0.1) is 0 Å². The largest absolute Gasteiger partial charge is 0.378 e. The quantitative estimate of drug-likeness (QED) is 0.626. The van der Waals surface area contributed by atoms with Gasteiger partial charge < -0.3 is 14.5 Å². The van der Waals surface area contributed by atoms with Crippen molar-refractivity contribution in [2.45, 2.75) is 11.3 Å². The number of rotatable bonds is 4. The predicted octanol–water partition coefficient (Wildman–Crippen LogP) is 3.43. The molecular weight excluding hydrogens is 410 g/mol. The Morgan fingerprint density at radius 2 is 1.74 bits per heavy atom. The molecule has 0 saturated carbocycles. The van der Waals surface area contributed by atoms with Crippen molar-refractivity contribution in [2.24, 2.45) is 0 Å². The molecule has 5 rings (SSSR count). The third kappa shape index (κ3) is 3.78. The maximum Gasteiger partial charge on any atom is 0.268 e. The van der Waals surface area contributed by atoms with E-state index in [-0.39, 0.29) is 0 Å². The first-order valence-electron chi connectivity index (χ1n) is 10.7. The summed E-state index contributed by atoms with van der Waals surface area (Å²) in [5.74, 6) is 0. The smallest absolute Gasteiger partial charge is 0.268 e. The van der Waals surface area contributed by atoms with Crippen LogP contribution in [0.5, 0.6) is 0 Å². The summed E-state index contributed by atoms with van der Waals surface area (Å²) in [4.78, 5) is 4.87. The van der Waals surface area contributed by atoms with Gasteiger partial charge in [0.2, 0.25) is 0 Å². The second kappa shape index (κ2) is 8.15. The third-order valence-electron chi connectivity index (χ3n) is 6.19. The number of nitrogens with zero attached hydrogens (tertiary/aromatic N) is 3. The number of morpholine rings is 1. The van der Waals surface area contributed by atoms with Crippen LogP contribution in [-0.4, -0.2) is 63.7 Å². The van der Waals surface area contributed by atoms with Gasteiger partial charge in [0.25, 0.3) is 10.0 Å². The molecule has 1 saturated heterocycles. The summed E-state index contributed by atoms with van der Waals surface area (Å²) in [7, 11) is -1.58. The number of hydrogen-bond donors (Lipinski definition) is 0. The van der Waals surface area contributed by atoms with E-state index in [9.17, 15) is 8.42 Å². The lowest BCUT2D eigenvalue weighted by Gasteiger charge is -2.29. The molecule has 3 aromatic rings. The molecule has 0 aliphatic carbocycles. The molecule has 162 valence electrons. The molecule has 1 aromatic heterocycles. The van der Waals surface area contributed by atoms with Gasteiger partial charge in [-0.1, -0.05) is 24.3 Å². The molecule has 0 atom stereocenters. The summed E-state index contributed by atoms with van der Waals surface area (Å²) in [6.07, 6.45) is 4.94. The van der Waals surface area contributed by atoms with Gasteiger partial charge in [-0.25, -0.2) is 12.4 Å². The second-order valence-electron chi connectivity index (χ2n) is 8.20. The predicted molar refractivity (Wildman–Crippen MR) is 124 cm³/mol. The Hall–Kier alpha value is -2.61. The Kier molecular flexibility index (Phi) is 5.33. The lowest BCUT2D eigenvalue weighted by atomic mass is 9.99. The molecule has 6 nitrogen and oxygen atoms in total. The van der Waals surface area contributed by atoms with Gasteiger partial charge in [-0.3, -0.25) is 0 Å². The molecular formula is C24H27N3O3S. The zero-order valence-corrected chi connectivity index (χ0v) is 18.5. The van der Waals surface area contributed by atoms with E-state index in [0.717, 1.165) is 54.8 Å². The first-order valence-corrected chi connectivity index (χ1v) is 12.1. The number of ether oxygens (including phenoxy) is 1. The van der Waals surface area contributed by atoms with Crippen LogP contribution in [0.1, 0.15) is 12.0 Å². The summed E-state index contributed by atoms with van der Waals surface area (Å²) in [6, 6.07) is 14.8. The number of anilines is 1. The maximum absolute atomic E-state index is 13.5. The SMILES string of the molecule is CN1CC=C(c2cn(S(=O)(=O)c3ccccc3)c3ccc(N4CCOCC4)cc23)CC1. The summed E-state index contributed by atoms with van der Waals surface area (Å²) < 4.78 is 33.9. The maximum atomic E-state index is 13.5. The van der Waals surface area contributed by atoms with Gasteiger partial charge in [-0.2, -0.15) is 0 Å². The van der Waals surface area contributed by atoms with E-state index >= 15 is 0 Å². The highest BCUT2D eigenvalue weighted by Gasteiger charge is 2.24. The van der Waals surface area contributed by atoms with Crippen molar-refractivity contribution in [1.29, 1.82) is 0 Å². The van der Waals surface area contributed by atoms with E-state index in [1.165, 1.54) is 9.55 Å². The summed E-state index contributed by atoms with van der Waals surface area (Å²) >= 11 is 0. The van der Waals surface area contributed by atoms with Crippen molar-refractivity contribution >= 4 is 32.2 Å². The van der Waals surface area contributed by atoms with E-state index in [4.69, 9.17) is 4.74 Å². The number of likely N-dealkylation sites (N-methyl/N-ethyl adjacent to an activating group) is 1. The number of benzene rings is 2. The van der Waals surface area contributed by atoms with Crippen LogP contribution in [0.2, 0.25) is 0 Å². The van der Waals surface area contributed by atoms with Crippen LogP contribution < -0.4 is 4.90 Å². The highest BCUT2D eigenvalue weighted by Crippen LogP contribution is 2.35. The zero-order chi connectivity index (χ0) is 21.4. The molecule has 31 heavy (non-hydrogen) atoms. The van der Waals surface area contributed by atoms with Crippen LogP contribution >= 0.6 is 0 Å². The number of aromatic nitrogens is 1. The fraction of sp³-hybridized carbons (Fsp3) is 0.333. The molecule has 0 N–H and O–H groups in total. The lowest BCUT2D eigenvalue weighted by Crippen LogP contribution is -2.36. The Morgan fingerprint density at radius 1 is 0.968 bits per heavy atom. The number of hydrogen-bond acceptors (Lipinski definition) is 5. The lowest BCUT2D eigenvalue weighted by molar-refractivity contribution is 0.122. The van der Waals surface area contributed by atoms with Gasteiger partial charge in [-0.05, 0) is 49.4 Å². The molecule has 3 heterocycles. The van der Waals surface area contributed by atoms with Crippen LogP contribution in [0.15, 0.2) is 65.7 Å². The van der Waals surface area contributed by atoms with Crippen LogP contribution in [0.4, 0.5) is 5.69 Å². The minimum atomic E-state index is -3.69. The van der Waals surface area contributed by atoms with Gasteiger partial charge in [0, 0.05) is 49.0 Å². The third-order valence-corrected chi connectivity index (χ3v) is 7.88. The molecule has 0 amide bonds.